The number of rotatable bonds is 3. The smallest absolute Gasteiger partial charge is 0.0274 e. The van der Waals surface area contributed by atoms with Gasteiger partial charge in [0.25, 0.3) is 0 Å². The van der Waals surface area contributed by atoms with Gasteiger partial charge in [-0.1, -0.05) is 24.1 Å². The SMILES string of the molecule is C#Cc1ccccc1CCCN. The topological polar surface area (TPSA) is 26.0 Å². The monoisotopic (exact) mass is 159 g/mol. The maximum absolute atomic E-state index is 5.42. The zero-order valence-corrected chi connectivity index (χ0v) is 7.09. The van der Waals surface area contributed by atoms with Gasteiger partial charge in [-0.05, 0) is 31.0 Å². The Morgan fingerprint density at radius 3 is 2.75 bits per heavy atom. The molecule has 0 saturated heterocycles. The van der Waals surface area contributed by atoms with Crippen molar-refractivity contribution in [2.24, 2.45) is 5.73 Å². The molecule has 1 rings (SSSR count). The minimum atomic E-state index is 0.721. The molecule has 1 nitrogen and oxygen atoms in total. The van der Waals surface area contributed by atoms with E-state index < -0.39 is 0 Å². The first-order valence-corrected chi connectivity index (χ1v) is 4.13. The molecule has 1 aromatic rings. The highest BCUT2D eigenvalue weighted by atomic mass is 14.5. The third-order valence-electron chi connectivity index (χ3n) is 1.82. The zero-order valence-electron chi connectivity index (χ0n) is 7.09. The maximum Gasteiger partial charge on any atom is 0.0274 e. The van der Waals surface area contributed by atoms with Gasteiger partial charge < -0.3 is 5.73 Å². The molecule has 1 aromatic carbocycles. The Labute approximate surface area is 73.6 Å². The van der Waals surface area contributed by atoms with Gasteiger partial charge in [-0.3, -0.25) is 0 Å². The van der Waals surface area contributed by atoms with Crippen LogP contribution in [0.1, 0.15) is 17.5 Å². The molecule has 0 unspecified atom stereocenters. The van der Waals surface area contributed by atoms with Crippen LogP contribution in [0, 0.1) is 12.3 Å². The van der Waals surface area contributed by atoms with E-state index in [4.69, 9.17) is 12.2 Å². The molecule has 62 valence electrons. The average molecular weight is 159 g/mol. The van der Waals surface area contributed by atoms with Crippen molar-refractivity contribution in [3.63, 3.8) is 0 Å². The van der Waals surface area contributed by atoms with Crippen molar-refractivity contribution in [1.82, 2.24) is 0 Å². The van der Waals surface area contributed by atoms with E-state index in [0.29, 0.717) is 0 Å². The lowest BCUT2D eigenvalue weighted by atomic mass is 10.0. The number of benzene rings is 1. The molecule has 0 aliphatic carbocycles. The van der Waals surface area contributed by atoms with Crippen LogP contribution in [0.4, 0.5) is 0 Å². The Hall–Kier alpha value is -1.26. The molecule has 0 aliphatic rings. The second-order valence-corrected chi connectivity index (χ2v) is 2.69. The molecular weight excluding hydrogens is 146 g/mol. The van der Waals surface area contributed by atoms with Gasteiger partial charge in [0.05, 0.1) is 0 Å². The molecule has 0 heterocycles. The van der Waals surface area contributed by atoms with Crippen LogP contribution in [0.5, 0.6) is 0 Å². The summed E-state index contributed by atoms with van der Waals surface area (Å²) in [4.78, 5) is 0. The van der Waals surface area contributed by atoms with Gasteiger partial charge in [-0.2, -0.15) is 0 Å². The van der Waals surface area contributed by atoms with Crippen LogP contribution >= 0.6 is 0 Å². The predicted octanol–water partition coefficient (Wildman–Crippen LogP) is 1.56. The first-order chi connectivity index (χ1) is 5.88. The summed E-state index contributed by atoms with van der Waals surface area (Å²) in [5, 5.41) is 0. The molecule has 1 heteroatoms. The zero-order chi connectivity index (χ0) is 8.81. The second kappa shape index (κ2) is 4.58. The van der Waals surface area contributed by atoms with Crippen LogP contribution in [0.2, 0.25) is 0 Å². The fourth-order valence-corrected chi connectivity index (χ4v) is 1.17. The van der Waals surface area contributed by atoms with Gasteiger partial charge >= 0.3 is 0 Å². The summed E-state index contributed by atoms with van der Waals surface area (Å²) in [6.45, 7) is 0.721. The van der Waals surface area contributed by atoms with Crippen LogP contribution in [0.15, 0.2) is 24.3 Å². The van der Waals surface area contributed by atoms with E-state index in [2.05, 4.69) is 12.0 Å². The average Bonchev–Trinajstić information content (AvgIpc) is 2.15. The molecule has 0 saturated carbocycles. The molecule has 12 heavy (non-hydrogen) atoms. The number of terminal acetylenes is 1. The normalized spacial score (nSPS) is 9.33. The van der Waals surface area contributed by atoms with E-state index in [-0.39, 0.29) is 0 Å². The van der Waals surface area contributed by atoms with E-state index >= 15 is 0 Å². The summed E-state index contributed by atoms with van der Waals surface area (Å²) >= 11 is 0. The van der Waals surface area contributed by atoms with Crippen molar-refractivity contribution in [1.29, 1.82) is 0 Å². The number of hydrogen-bond acceptors (Lipinski definition) is 1. The number of aryl methyl sites for hydroxylation is 1. The molecule has 0 amide bonds. The molecule has 0 spiro atoms. The first-order valence-electron chi connectivity index (χ1n) is 4.13. The maximum atomic E-state index is 5.42. The highest BCUT2D eigenvalue weighted by molar-refractivity contribution is 5.39. The molecule has 2 N–H and O–H groups in total. The van der Waals surface area contributed by atoms with Crippen LogP contribution in [-0.4, -0.2) is 6.54 Å². The molecule has 0 fully saturated rings. The standard InChI is InChI=1S/C11H13N/c1-2-10-6-3-4-7-11(10)8-5-9-12/h1,3-4,6-7H,5,8-9,12H2. The van der Waals surface area contributed by atoms with E-state index in [1.807, 2.05) is 18.2 Å². The minimum Gasteiger partial charge on any atom is -0.330 e. The van der Waals surface area contributed by atoms with Gasteiger partial charge in [0.2, 0.25) is 0 Å². The Balaban J connectivity index is 2.77. The summed E-state index contributed by atoms with van der Waals surface area (Å²) in [5.41, 5.74) is 7.64. The van der Waals surface area contributed by atoms with Crippen molar-refractivity contribution in [2.75, 3.05) is 6.54 Å². The lowest BCUT2D eigenvalue weighted by Crippen LogP contribution is -2.01. The number of hydrogen-bond donors (Lipinski definition) is 1. The third kappa shape index (κ3) is 2.11. The number of nitrogens with two attached hydrogens (primary N) is 1. The Morgan fingerprint density at radius 2 is 2.08 bits per heavy atom. The van der Waals surface area contributed by atoms with Crippen molar-refractivity contribution >= 4 is 0 Å². The van der Waals surface area contributed by atoms with Crippen LogP contribution in [0.25, 0.3) is 0 Å². The van der Waals surface area contributed by atoms with Crippen LogP contribution < -0.4 is 5.73 Å². The van der Waals surface area contributed by atoms with Gasteiger partial charge in [0.1, 0.15) is 0 Å². The molecular formula is C11H13N. The summed E-state index contributed by atoms with van der Waals surface area (Å²) in [6, 6.07) is 7.99. The summed E-state index contributed by atoms with van der Waals surface area (Å²) in [5.74, 6) is 2.66. The fraction of sp³-hybridized carbons (Fsp3) is 0.273. The van der Waals surface area contributed by atoms with E-state index in [1.54, 1.807) is 0 Å². The summed E-state index contributed by atoms with van der Waals surface area (Å²) in [6.07, 6.45) is 7.32. The Bertz CT molecular complexity index is 283. The highest BCUT2D eigenvalue weighted by Crippen LogP contribution is 2.08. The largest absolute Gasteiger partial charge is 0.330 e. The predicted molar refractivity (Wildman–Crippen MR) is 51.8 cm³/mol. The quantitative estimate of drug-likeness (QED) is 0.665. The van der Waals surface area contributed by atoms with Crippen molar-refractivity contribution < 1.29 is 0 Å². The second-order valence-electron chi connectivity index (χ2n) is 2.69. The molecule has 0 aromatic heterocycles. The van der Waals surface area contributed by atoms with Gasteiger partial charge in [-0.25, -0.2) is 0 Å². The Morgan fingerprint density at radius 1 is 1.33 bits per heavy atom. The van der Waals surface area contributed by atoms with Crippen LogP contribution in [-0.2, 0) is 6.42 Å². The third-order valence-corrected chi connectivity index (χ3v) is 1.82. The van der Waals surface area contributed by atoms with Gasteiger partial charge in [0, 0.05) is 5.56 Å². The van der Waals surface area contributed by atoms with Crippen molar-refractivity contribution in [3.05, 3.63) is 35.4 Å². The molecule has 0 aliphatic heterocycles. The minimum absolute atomic E-state index is 0.721. The lowest BCUT2D eigenvalue weighted by molar-refractivity contribution is 0.831. The van der Waals surface area contributed by atoms with E-state index in [9.17, 15) is 0 Å². The fourth-order valence-electron chi connectivity index (χ4n) is 1.17. The van der Waals surface area contributed by atoms with Crippen molar-refractivity contribution in [2.45, 2.75) is 12.8 Å². The first kappa shape index (κ1) is 8.83. The molecule has 0 bridgehead atoms. The lowest BCUT2D eigenvalue weighted by Gasteiger charge is -2.01. The van der Waals surface area contributed by atoms with Gasteiger partial charge in [0.15, 0.2) is 0 Å². The Kier molecular flexibility index (Phi) is 3.37. The van der Waals surface area contributed by atoms with Gasteiger partial charge in [-0.15, -0.1) is 6.42 Å². The molecule has 0 radical (unpaired) electrons. The summed E-state index contributed by atoms with van der Waals surface area (Å²) < 4.78 is 0. The van der Waals surface area contributed by atoms with E-state index in [1.165, 1.54) is 5.56 Å². The van der Waals surface area contributed by atoms with E-state index in [0.717, 1.165) is 24.9 Å². The molecule has 0 atom stereocenters. The summed E-state index contributed by atoms with van der Waals surface area (Å²) in [7, 11) is 0. The highest BCUT2D eigenvalue weighted by Gasteiger charge is 1.96. The van der Waals surface area contributed by atoms with Crippen LogP contribution in [0.3, 0.4) is 0 Å². The van der Waals surface area contributed by atoms with Crippen molar-refractivity contribution in [3.8, 4) is 12.3 Å².